The number of fused-ring (bicyclic) bond motifs is 1. The molecule has 2 heterocycles. The lowest BCUT2D eigenvalue weighted by atomic mass is 10.3. The summed E-state index contributed by atoms with van der Waals surface area (Å²) in [4.78, 5) is 8.59. The normalized spacial score (nSPS) is 11.4. The Morgan fingerprint density at radius 1 is 1.45 bits per heavy atom. The summed E-state index contributed by atoms with van der Waals surface area (Å²) in [6.45, 7) is 2.21. The van der Waals surface area contributed by atoms with Crippen LogP contribution in [0.15, 0.2) is 22.7 Å². The monoisotopic (exact) mass is 405 g/mol. The third-order valence-corrected chi connectivity index (χ3v) is 4.02. The van der Waals surface area contributed by atoms with Gasteiger partial charge in [0.05, 0.1) is 26.7 Å². The van der Waals surface area contributed by atoms with Gasteiger partial charge >= 0.3 is 0 Å². The van der Waals surface area contributed by atoms with Crippen molar-refractivity contribution in [1.29, 1.82) is 0 Å². The van der Waals surface area contributed by atoms with Gasteiger partial charge in [0.1, 0.15) is 23.9 Å². The highest BCUT2D eigenvalue weighted by Gasteiger charge is 2.15. The molecule has 3 aromatic rings. The van der Waals surface area contributed by atoms with Crippen molar-refractivity contribution >= 4 is 45.2 Å². The van der Waals surface area contributed by atoms with Crippen molar-refractivity contribution in [2.45, 2.75) is 19.3 Å². The number of hydrogen-bond donors (Lipinski definition) is 0. The number of nitrogens with zero attached hydrogens (tertiary/aromatic N) is 3. The number of benzene rings is 1. The van der Waals surface area contributed by atoms with Crippen LogP contribution in [-0.2, 0) is 12.4 Å². The van der Waals surface area contributed by atoms with Gasteiger partial charge in [-0.2, -0.15) is 0 Å². The van der Waals surface area contributed by atoms with E-state index in [4.69, 9.17) is 16.0 Å². The van der Waals surface area contributed by atoms with Crippen molar-refractivity contribution in [2.75, 3.05) is 0 Å². The first kappa shape index (κ1) is 13.8. The first-order chi connectivity index (χ1) is 9.58. The molecular formula is C13H10ClFIN3O. The van der Waals surface area contributed by atoms with Crippen LogP contribution < -0.4 is 0 Å². The number of aryl methyl sites for hydroxylation is 1. The lowest BCUT2D eigenvalue weighted by molar-refractivity contribution is 0.457. The molecule has 0 radical (unpaired) electrons. The number of imidazole rings is 1. The zero-order valence-corrected chi connectivity index (χ0v) is 13.4. The second-order valence-electron chi connectivity index (χ2n) is 4.37. The molecule has 1 aromatic carbocycles. The van der Waals surface area contributed by atoms with Crippen LogP contribution in [0.5, 0.6) is 0 Å². The van der Waals surface area contributed by atoms with E-state index in [-0.39, 0.29) is 11.7 Å². The third-order valence-electron chi connectivity index (χ3n) is 2.95. The Labute approximate surface area is 133 Å². The number of oxazole rings is 1. The average molecular weight is 406 g/mol. The molecule has 4 nitrogen and oxygen atoms in total. The topological polar surface area (TPSA) is 43.9 Å². The summed E-state index contributed by atoms with van der Waals surface area (Å²) in [6.07, 6.45) is 1.65. The lowest BCUT2D eigenvalue weighted by Crippen LogP contribution is -2.04. The minimum atomic E-state index is -0.274. The van der Waals surface area contributed by atoms with E-state index in [1.165, 1.54) is 6.07 Å². The van der Waals surface area contributed by atoms with E-state index in [1.807, 2.05) is 34.1 Å². The Morgan fingerprint density at radius 3 is 2.90 bits per heavy atom. The molecule has 3 rings (SSSR count). The van der Waals surface area contributed by atoms with E-state index in [2.05, 4.69) is 9.97 Å². The van der Waals surface area contributed by atoms with Gasteiger partial charge < -0.3 is 8.98 Å². The van der Waals surface area contributed by atoms with Crippen molar-refractivity contribution in [2.24, 2.45) is 0 Å². The van der Waals surface area contributed by atoms with Crippen LogP contribution in [-0.4, -0.2) is 14.5 Å². The molecule has 0 bridgehead atoms. The summed E-state index contributed by atoms with van der Waals surface area (Å²) in [5.41, 5.74) is 1.41. The first-order valence-corrected chi connectivity index (χ1v) is 7.51. The van der Waals surface area contributed by atoms with E-state index in [9.17, 15) is 4.39 Å². The van der Waals surface area contributed by atoms with Crippen LogP contribution in [0.3, 0.4) is 0 Å². The molecule has 0 unspecified atom stereocenters. The fourth-order valence-electron chi connectivity index (χ4n) is 2.06. The molecule has 20 heavy (non-hydrogen) atoms. The van der Waals surface area contributed by atoms with Crippen molar-refractivity contribution in [1.82, 2.24) is 14.5 Å². The lowest BCUT2D eigenvalue weighted by Gasteiger charge is -2.05. The largest absolute Gasteiger partial charge is 0.444 e. The maximum atomic E-state index is 13.8. The fraction of sp³-hybridized carbons (Fsp3) is 0.231. The van der Waals surface area contributed by atoms with Gasteiger partial charge in [-0.1, -0.05) is 0 Å². The van der Waals surface area contributed by atoms with Crippen LogP contribution in [0.25, 0.3) is 11.0 Å². The molecule has 0 amide bonds. The molecule has 104 valence electrons. The van der Waals surface area contributed by atoms with Gasteiger partial charge in [0, 0.05) is 6.07 Å². The van der Waals surface area contributed by atoms with Crippen LogP contribution >= 0.6 is 34.2 Å². The first-order valence-electron chi connectivity index (χ1n) is 5.90. The van der Waals surface area contributed by atoms with Crippen LogP contribution in [0.2, 0.25) is 0 Å². The number of hydrogen-bond acceptors (Lipinski definition) is 3. The number of rotatable bonds is 3. The summed E-state index contributed by atoms with van der Waals surface area (Å²) < 4.78 is 21.6. The van der Waals surface area contributed by atoms with Gasteiger partial charge in [0.2, 0.25) is 5.89 Å². The highest BCUT2D eigenvalue weighted by Crippen LogP contribution is 2.23. The maximum absolute atomic E-state index is 13.8. The van der Waals surface area contributed by atoms with Gasteiger partial charge in [-0.3, -0.25) is 0 Å². The Hall–Kier alpha value is -1.15. The van der Waals surface area contributed by atoms with Crippen molar-refractivity contribution in [3.63, 3.8) is 0 Å². The summed E-state index contributed by atoms with van der Waals surface area (Å²) in [6, 6.07) is 3.18. The Kier molecular flexibility index (Phi) is 3.68. The molecule has 0 aliphatic heterocycles. The van der Waals surface area contributed by atoms with Crippen molar-refractivity contribution in [3.8, 4) is 0 Å². The maximum Gasteiger partial charge on any atom is 0.214 e. The molecule has 0 atom stereocenters. The van der Waals surface area contributed by atoms with Crippen LogP contribution in [0.1, 0.15) is 17.5 Å². The van der Waals surface area contributed by atoms with E-state index >= 15 is 0 Å². The second-order valence-corrected chi connectivity index (χ2v) is 5.80. The zero-order valence-electron chi connectivity index (χ0n) is 10.5. The molecule has 2 aromatic heterocycles. The van der Waals surface area contributed by atoms with Crippen molar-refractivity contribution < 1.29 is 8.81 Å². The smallest absolute Gasteiger partial charge is 0.214 e. The second kappa shape index (κ2) is 5.33. The van der Waals surface area contributed by atoms with Gasteiger partial charge in [0.25, 0.3) is 0 Å². The minimum Gasteiger partial charge on any atom is -0.444 e. The van der Waals surface area contributed by atoms with E-state index in [0.717, 1.165) is 11.3 Å². The fourth-order valence-corrected chi connectivity index (χ4v) is 2.71. The molecule has 7 heteroatoms. The predicted molar refractivity (Wildman–Crippen MR) is 82.3 cm³/mol. The van der Waals surface area contributed by atoms with E-state index < -0.39 is 0 Å². The number of aromatic nitrogens is 3. The average Bonchev–Trinajstić information content (AvgIpc) is 2.96. The van der Waals surface area contributed by atoms with E-state index in [1.54, 1.807) is 12.3 Å². The van der Waals surface area contributed by atoms with Gasteiger partial charge in [-0.15, -0.1) is 11.6 Å². The number of halogens is 3. The Morgan fingerprint density at radius 2 is 2.25 bits per heavy atom. The summed E-state index contributed by atoms with van der Waals surface area (Å²) >= 11 is 7.87. The van der Waals surface area contributed by atoms with Gasteiger partial charge in [0.15, 0.2) is 0 Å². The van der Waals surface area contributed by atoms with Gasteiger partial charge in [-0.05, 0) is 35.6 Å². The third kappa shape index (κ3) is 2.42. The molecule has 0 aliphatic carbocycles. The van der Waals surface area contributed by atoms with Crippen LogP contribution in [0, 0.1) is 16.3 Å². The Bertz CT molecular complexity index is 783. The molecule has 0 N–H and O–H groups in total. The standard InChI is InChI=1S/C13H10ClFIN3O/c1-7-5-17-13(20-7)6-19-11-2-8(15)9(16)3-10(11)18-12(19)4-14/h2-3,5H,4,6H2,1H3. The predicted octanol–water partition coefficient (Wildman–Crippen LogP) is 3.86. The summed E-state index contributed by atoms with van der Waals surface area (Å²) in [7, 11) is 0. The summed E-state index contributed by atoms with van der Waals surface area (Å²) in [5, 5.41) is 0. The molecular weight excluding hydrogens is 396 g/mol. The quantitative estimate of drug-likeness (QED) is 0.491. The molecule has 0 aliphatic rings. The Balaban J connectivity index is 2.14. The van der Waals surface area contributed by atoms with Crippen LogP contribution in [0.4, 0.5) is 4.39 Å². The minimum absolute atomic E-state index is 0.243. The molecule has 0 fully saturated rings. The SMILES string of the molecule is Cc1cnc(Cn2c(CCl)nc3cc(I)c(F)cc32)o1. The van der Waals surface area contributed by atoms with Gasteiger partial charge in [-0.25, -0.2) is 14.4 Å². The zero-order chi connectivity index (χ0) is 14.3. The molecule has 0 saturated heterocycles. The highest BCUT2D eigenvalue weighted by atomic mass is 127. The van der Waals surface area contributed by atoms with E-state index in [0.29, 0.717) is 27.3 Å². The van der Waals surface area contributed by atoms with Crippen molar-refractivity contribution in [3.05, 3.63) is 45.2 Å². The molecule has 0 spiro atoms. The number of alkyl halides is 1. The summed E-state index contributed by atoms with van der Waals surface area (Å²) in [5.74, 6) is 1.92. The molecule has 0 saturated carbocycles. The highest BCUT2D eigenvalue weighted by molar-refractivity contribution is 14.1.